The largest absolute Gasteiger partial charge is 0.393 e. The summed E-state index contributed by atoms with van der Waals surface area (Å²) in [7, 11) is 4.32. The van der Waals surface area contributed by atoms with Crippen molar-refractivity contribution in [2.24, 2.45) is 45.8 Å². The fourth-order valence-electron chi connectivity index (χ4n) is 9.98. The van der Waals surface area contributed by atoms with E-state index in [1.54, 1.807) is 0 Å². The fourth-order valence-corrected chi connectivity index (χ4v) is 9.98. The Hall–Kier alpha value is -0.120. The van der Waals surface area contributed by atoms with Crippen LogP contribution in [0.4, 0.5) is 0 Å². The van der Waals surface area contributed by atoms with Crippen LogP contribution in [0.5, 0.6) is 0 Å². The standard InChI is InChI=1S/C26H45NO2.C2H6.CH4/c1-17-18-8-9-19-21-15-23(29)20(7-5-6-14-27(3)4)24(21,2)12-13-26(19)16-25(18,26)11-10-22(17)28;1-2;/h17-23,28-29H,5-16H2,1-4H3;1-2H3;1H4. The predicted octanol–water partition coefficient (Wildman–Crippen LogP) is 6.37. The van der Waals surface area contributed by atoms with Crippen molar-refractivity contribution in [2.75, 3.05) is 20.6 Å². The topological polar surface area (TPSA) is 43.7 Å². The Labute approximate surface area is 199 Å². The Morgan fingerprint density at radius 3 is 2.19 bits per heavy atom. The molecule has 0 bridgehead atoms. The number of fused-ring (bicyclic) bond motifs is 2. The lowest BCUT2D eigenvalue weighted by molar-refractivity contribution is -0.0986. The summed E-state index contributed by atoms with van der Waals surface area (Å²) < 4.78 is 0. The summed E-state index contributed by atoms with van der Waals surface area (Å²) in [6.45, 7) is 10.1. The van der Waals surface area contributed by atoms with Gasteiger partial charge in [-0.3, -0.25) is 0 Å². The lowest BCUT2D eigenvalue weighted by atomic mass is 9.48. The summed E-state index contributed by atoms with van der Waals surface area (Å²) in [6.07, 6.45) is 13.9. The van der Waals surface area contributed by atoms with E-state index in [2.05, 4.69) is 32.8 Å². The van der Waals surface area contributed by atoms with Crippen molar-refractivity contribution < 1.29 is 10.2 Å². The molecule has 5 fully saturated rings. The lowest BCUT2D eigenvalue weighted by Crippen LogP contribution is -2.51. The first-order valence-corrected chi connectivity index (χ1v) is 13.8. The smallest absolute Gasteiger partial charge is 0.0576 e. The number of unbranched alkanes of at least 4 members (excludes halogenated alkanes) is 1. The van der Waals surface area contributed by atoms with Crippen molar-refractivity contribution in [3.05, 3.63) is 0 Å². The van der Waals surface area contributed by atoms with Crippen LogP contribution in [0, 0.1) is 45.8 Å². The van der Waals surface area contributed by atoms with Crippen LogP contribution >= 0.6 is 0 Å². The lowest BCUT2D eigenvalue weighted by Gasteiger charge is -2.57. The molecule has 0 amide bonds. The van der Waals surface area contributed by atoms with Crippen LogP contribution < -0.4 is 0 Å². The molecule has 2 spiro atoms. The Morgan fingerprint density at radius 2 is 1.50 bits per heavy atom. The Morgan fingerprint density at radius 1 is 0.844 bits per heavy atom. The summed E-state index contributed by atoms with van der Waals surface area (Å²) in [6, 6.07) is 0. The summed E-state index contributed by atoms with van der Waals surface area (Å²) in [5, 5.41) is 21.7. The first-order valence-electron chi connectivity index (χ1n) is 13.8. The third kappa shape index (κ3) is 3.72. The van der Waals surface area contributed by atoms with Crippen molar-refractivity contribution >= 4 is 0 Å². The second-order valence-electron chi connectivity index (χ2n) is 12.6. The highest BCUT2D eigenvalue weighted by atomic mass is 16.3. The van der Waals surface area contributed by atoms with E-state index in [-0.39, 0.29) is 19.6 Å². The van der Waals surface area contributed by atoms with Gasteiger partial charge in [0.2, 0.25) is 0 Å². The van der Waals surface area contributed by atoms with E-state index in [1.165, 1.54) is 64.3 Å². The molecule has 0 saturated heterocycles. The van der Waals surface area contributed by atoms with Gasteiger partial charge < -0.3 is 15.1 Å². The summed E-state index contributed by atoms with van der Waals surface area (Å²) in [5.41, 5.74) is 1.50. The zero-order chi connectivity index (χ0) is 22.6. The Balaban J connectivity index is 0.000000938. The van der Waals surface area contributed by atoms with Gasteiger partial charge in [0, 0.05) is 0 Å². The molecule has 0 aromatic rings. The van der Waals surface area contributed by atoms with Crippen LogP contribution in [0.3, 0.4) is 0 Å². The second kappa shape index (κ2) is 9.50. The van der Waals surface area contributed by atoms with Crippen LogP contribution in [0.25, 0.3) is 0 Å². The highest BCUT2D eigenvalue weighted by molar-refractivity contribution is 5.27. The first-order chi connectivity index (χ1) is 14.8. The van der Waals surface area contributed by atoms with Crippen LogP contribution in [-0.4, -0.2) is 48.0 Å². The zero-order valence-corrected chi connectivity index (χ0v) is 21.4. The van der Waals surface area contributed by atoms with Gasteiger partial charge in [0.25, 0.3) is 0 Å². The molecule has 5 rings (SSSR count). The normalized spacial score (nSPS) is 50.7. The Kier molecular flexibility index (Phi) is 7.86. The zero-order valence-electron chi connectivity index (χ0n) is 21.4. The van der Waals surface area contributed by atoms with E-state index < -0.39 is 0 Å². The SMILES string of the molecule is C.CC.CC1C(O)CCC23CC24CCC2(C)C(CCCCN(C)C)C(O)CC2C4CCC13. The third-order valence-electron chi connectivity index (χ3n) is 11.5. The van der Waals surface area contributed by atoms with Gasteiger partial charge in [0.15, 0.2) is 0 Å². The summed E-state index contributed by atoms with van der Waals surface area (Å²) in [4.78, 5) is 2.28. The molecule has 5 saturated carbocycles. The molecule has 0 aliphatic heterocycles. The molecule has 0 heterocycles. The fraction of sp³-hybridized carbons (Fsp3) is 1.00. The molecule has 10 atom stereocenters. The Bertz CT molecular complexity index is 637. The van der Waals surface area contributed by atoms with Crippen molar-refractivity contribution in [3.8, 4) is 0 Å². The van der Waals surface area contributed by atoms with Crippen molar-refractivity contribution in [3.63, 3.8) is 0 Å². The van der Waals surface area contributed by atoms with Gasteiger partial charge in [0.05, 0.1) is 12.2 Å². The van der Waals surface area contributed by atoms with Crippen LogP contribution in [-0.2, 0) is 0 Å². The molecule has 5 aliphatic carbocycles. The van der Waals surface area contributed by atoms with Gasteiger partial charge in [0.1, 0.15) is 0 Å². The molecule has 3 nitrogen and oxygen atoms in total. The monoisotopic (exact) mass is 449 g/mol. The van der Waals surface area contributed by atoms with Crippen molar-refractivity contribution in [2.45, 2.75) is 118 Å². The first kappa shape index (κ1) is 26.5. The minimum absolute atomic E-state index is 0. The maximum Gasteiger partial charge on any atom is 0.0576 e. The number of rotatable bonds is 5. The second-order valence-corrected chi connectivity index (χ2v) is 12.6. The quantitative estimate of drug-likeness (QED) is 0.479. The average Bonchev–Trinajstić information content (AvgIpc) is 3.34. The minimum Gasteiger partial charge on any atom is -0.393 e. The molecule has 0 aromatic carbocycles. The van der Waals surface area contributed by atoms with Crippen LogP contribution in [0.15, 0.2) is 0 Å². The van der Waals surface area contributed by atoms with E-state index in [0.717, 1.165) is 30.6 Å². The van der Waals surface area contributed by atoms with E-state index >= 15 is 0 Å². The van der Waals surface area contributed by atoms with Crippen molar-refractivity contribution in [1.29, 1.82) is 0 Å². The predicted molar refractivity (Wildman–Crippen MR) is 136 cm³/mol. The molecule has 2 N–H and O–H groups in total. The van der Waals surface area contributed by atoms with Gasteiger partial charge in [-0.25, -0.2) is 0 Å². The van der Waals surface area contributed by atoms with E-state index in [1.807, 2.05) is 13.8 Å². The number of nitrogens with zero attached hydrogens (tertiary/aromatic N) is 1. The highest BCUT2D eigenvalue weighted by Crippen LogP contribution is 2.85. The molecular formula is C29H55NO2. The number of aliphatic hydroxyl groups is 2. The van der Waals surface area contributed by atoms with E-state index in [4.69, 9.17) is 0 Å². The molecule has 0 aromatic heterocycles. The number of hydrogen-bond acceptors (Lipinski definition) is 3. The average molecular weight is 450 g/mol. The molecule has 3 heteroatoms. The van der Waals surface area contributed by atoms with Crippen LogP contribution in [0.2, 0.25) is 0 Å². The summed E-state index contributed by atoms with van der Waals surface area (Å²) >= 11 is 0. The maximum absolute atomic E-state index is 11.1. The molecule has 5 aliphatic rings. The van der Waals surface area contributed by atoms with Gasteiger partial charge in [-0.1, -0.05) is 41.5 Å². The molecule has 188 valence electrons. The molecule has 10 unspecified atom stereocenters. The van der Waals surface area contributed by atoms with Gasteiger partial charge >= 0.3 is 0 Å². The number of aliphatic hydroxyl groups excluding tert-OH is 2. The van der Waals surface area contributed by atoms with E-state index in [0.29, 0.717) is 28.1 Å². The summed E-state index contributed by atoms with van der Waals surface area (Å²) in [5.74, 6) is 3.37. The molecule has 32 heavy (non-hydrogen) atoms. The third-order valence-corrected chi connectivity index (χ3v) is 11.5. The maximum atomic E-state index is 11.1. The molecular weight excluding hydrogens is 394 g/mol. The van der Waals surface area contributed by atoms with E-state index in [9.17, 15) is 10.2 Å². The molecule has 0 radical (unpaired) electrons. The highest BCUT2D eigenvalue weighted by Gasteiger charge is 2.79. The van der Waals surface area contributed by atoms with Gasteiger partial charge in [-0.15, -0.1) is 0 Å². The van der Waals surface area contributed by atoms with Crippen LogP contribution in [0.1, 0.15) is 106 Å². The van der Waals surface area contributed by atoms with Gasteiger partial charge in [-0.2, -0.15) is 0 Å². The van der Waals surface area contributed by atoms with Gasteiger partial charge in [-0.05, 0) is 131 Å². The van der Waals surface area contributed by atoms with Crippen molar-refractivity contribution in [1.82, 2.24) is 4.90 Å². The minimum atomic E-state index is -0.0703. The number of hydrogen-bond donors (Lipinski definition) is 2.